The Morgan fingerprint density at radius 2 is 1.81 bits per heavy atom. The van der Waals surface area contributed by atoms with Crippen molar-refractivity contribution in [2.45, 2.75) is 110 Å². The summed E-state index contributed by atoms with van der Waals surface area (Å²) in [6.45, 7) is 12.7. The van der Waals surface area contributed by atoms with Crippen LogP contribution in [-0.2, 0) is 38.1 Å². The molecule has 3 rings (SSSR count). The van der Waals surface area contributed by atoms with Gasteiger partial charge in [0.25, 0.3) is 0 Å². The van der Waals surface area contributed by atoms with Crippen LogP contribution in [0.5, 0.6) is 0 Å². The summed E-state index contributed by atoms with van der Waals surface area (Å²) in [5.74, 6) is -4.97. The zero-order chi connectivity index (χ0) is 28.1. The number of esters is 4. The van der Waals surface area contributed by atoms with Gasteiger partial charge in [-0.2, -0.15) is 0 Å². The summed E-state index contributed by atoms with van der Waals surface area (Å²) in [7, 11) is 0. The molecule has 0 radical (unpaired) electrons. The number of carbonyl (C=O) groups excluding carboxylic acids is 4. The van der Waals surface area contributed by atoms with Crippen LogP contribution in [0.2, 0.25) is 0 Å². The summed E-state index contributed by atoms with van der Waals surface area (Å²) in [5.41, 5.74) is -5.64. The monoisotopic (exact) mass is 524 g/mol. The number of allylic oxidation sites excluding steroid dienone is 1. The van der Waals surface area contributed by atoms with Crippen LogP contribution in [0.3, 0.4) is 0 Å². The minimum atomic E-state index is -2.42. The Hall–Kier alpha value is -2.46. The number of carbonyl (C=O) groups is 4. The second kappa shape index (κ2) is 10.0. The van der Waals surface area contributed by atoms with Crippen molar-refractivity contribution in [2.24, 2.45) is 23.7 Å². The first-order chi connectivity index (χ1) is 17.0. The summed E-state index contributed by atoms with van der Waals surface area (Å²) < 4.78 is 23.0. The van der Waals surface area contributed by atoms with Gasteiger partial charge in [-0.1, -0.05) is 26.8 Å². The molecule has 10 atom stereocenters. The standard InChI is InChI=1S/C27H40O10/c1-9-13(3)22(29)34-18-11-17-20(15(18)5)21-27(33,26(8,32)24(31)36-21)19(35-23(30)14(4)10-2)12-25(17,7)37-16(6)28/h9,14-15,17-21,32-33H,10-12H2,1-8H3/b13-9-/t14-,15-,17-,18-,19-,20+,21-,25-,26+,27+/m0/s1. The van der Waals surface area contributed by atoms with Crippen molar-refractivity contribution in [3.8, 4) is 0 Å². The molecule has 3 fully saturated rings. The molecule has 10 nitrogen and oxygen atoms in total. The van der Waals surface area contributed by atoms with Crippen LogP contribution in [0.15, 0.2) is 11.6 Å². The van der Waals surface area contributed by atoms with E-state index < -0.39 is 82.7 Å². The molecule has 1 saturated heterocycles. The molecule has 10 heteroatoms. The highest BCUT2D eigenvalue weighted by molar-refractivity contribution is 5.87. The molecule has 1 heterocycles. The third-order valence-electron chi connectivity index (χ3n) is 8.87. The van der Waals surface area contributed by atoms with E-state index >= 15 is 0 Å². The first-order valence-corrected chi connectivity index (χ1v) is 12.9. The second-order valence-corrected chi connectivity index (χ2v) is 11.3. The van der Waals surface area contributed by atoms with E-state index in [4.69, 9.17) is 18.9 Å². The lowest BCUT2D eigenvalue weighted by molar-refractivity contribution is -0.216. The van der Waals surface area contributed by atoms with Gasteiger partial charge in [0.15, 0.2) is 11.2 Å². The number of hydrogen-bond donors (Lipinski definition) is 2. The van der Waals surface area contributed by atoms with Gasteiger partial charge < -0.3 is 29.2 Å². The maximum Gasteiger partial charge on any atom is 0.341 e. The lowest BCUT2D eigenvalue weighted by atomic mass is 9.72. The van der Waals surface area contributed by atoms with Crippen molar-refractivity contribution in [2.75, 3.05) is 0 Å². The third kappa shape index (κ3) is 4.67. The fourth-order valence-electron chi connectivity index (χ4n) is 6.19. The summed E-state index contributed by atoms with van der Waals surface area (Å²) in [6, 6.07) is 0. The molecule has 0 amide bonds. The molecule has 0 unspecified atom stereocenters. The van der Waals surface area contributed by atoms with Gasteiger partial charge >= 0.3 is 23.9 Å². The van der Waals surface area contributed by atoms with Crippen molar-refractivity contribution < 1.29 is 48.3 Å². The number of rotatable bonds is 6. The molecule has 0 aromatic rings. The second-order valence-electron chi connectivity index (χ2n) is 11.3. The largest absolute Gasteiger partial charge is 0.459 e. The van der Waals surface area contributed by atoms with Crippen molar-refractivity contribution in [1.29, 1.82) is 0 Å². The lowest BCUT2D eigenvalue weighted by Gasteiger charge is -2.42. The van der Waals surface area contributed by atoms with Gasteiger partial charge in [0.2, 0.25) is 0 Å². The van der Waals surface area contributed by atoms with Crippen LogP contribution in [0.4, 0.5) is 0 Å². The van der Waals surface area contributed by atoms with Crippen LogP contribution in [0, 0.1) is 23.7 Å². The highest BCUT2D eigenvalue weighted by Gasteiger charge is 2.76. The quantitative estimate of drug-likeness (QED) is 0.301. The smallest absolute Gasteiger partial charge is 0.341 e. The van der Waals surface area contributed by atoms with Gasteiger partial charge in [-0.05, 0) is 40.5 Å². The van der Waals surface area contributed by atoms with Crippen LogP contribution >= 0.6 is 0 Å². The molecule has 2 saturated carbocycles. The van der Waals surface area contributed by atoms with Crippen LogP contribution in [-0.4, -0.2) is 69.2 Å². The minimum Gasteiger partial charge on any atom is -0.459 e. The Labute approximate surface area is 217 Å². The Morgan fingerprint density at radius 1 is 1.19 bits per heavy atom. The molecule has 37 heavy (non-hydrogen) atoms. The van der Waals surface area contributed by atoms with E-state index in [-0.39, 0.29) is 12.8 Å². The van der Waals surface area contributed by atoms with Crippen LogP contribution in [0.1, 0.15) is 74.7 Å². The van der Waals surface area contributed by atoms with E-state index in [1.807, 2.05) is 0 Å². The topological polar surface area (TPSA) is 146 Å². The van der Waals surface area contributed by atoms with E-state index in [2.05, 4.69) is 0 Å². The predicted molar refractivity (Wildman–Crippen MR) is 130 cm³/mol. The molecule has 0 bridgehead atoms. The minimum absolute atomic E-state index is 0.197. The maximum atomic E-state index is 12.9. The number of hydrogen-bond acceptors (Lipinski definition) is 10. The summed E-state index contributed by atoms with van der Waals surface area (Å²) in [6.07, 6.45) is -1.22. The Morgan fingerprint density at radius 3 is 2.35 bits per heavy atom. The van der Waals surface area contributed by atoms with Gasteiger partial charge in [-0.3, -0.25) is 9.59 Å². The molecule has 2 aliphatic carbocycles. The van der Waals surface area contributed by atoms with Crippen LogP contribution in [0.25, 0.3) is 0 Å². The Bertz CT molecular complexity index is 986. The van der Waals surface area contributed by atoms with E-state index in [9.17, 15) is 29.4 Å². The zero-order valence-corrected chi connectivity index (χ0v) is 22.9. The van der Waals surface area contributed by atoms with E-state index in [0.29, 0.717) is 12.0 Å². The van der Waals surface area contributed by atoms with Gasteiger partial charge in [0, 0.05) is 36.7 Å². The van der Waals surface area contributed by atoms with E-state index in [0.717, 1.165) is 6.92 Å². The first-order valence-electron chi connectivity index (χ1n) is 12.9. The highest BCUT2D eigenvalue weighted by Crippen LogP contribution is 2.59. The molecule has 208 valence electrons. The Kier molecular flexibility index (Phi) is 7.88. The zero-order valence-electron chi connectivity index (χ0n) is 22.9. The van der Waals surface area contributed by atoms with Gasteiger partial charge in [-0.15, -0.1) is 0 Å². The molecule has 1 aliphatic heterocycles. The summed E-state index contributed by atoms with van der Waals surface area (Å²) in [4.78, 5) is 50.6. The summed E-state index contributed by atoms with van der Waals surface area (Å²) >= 11 is 0. The number of ether oxygens (including phenoxy) is 4. The fraction of sp³-hybridized carbons (Fsp3) is 0.778. The fourth-order valence-corrected chi connectivity index (χ4v) is 6.19. The van der Waals surface area contributed by atoms with Crippen molar-refractivity contribution in [3.05, 3.63) is 11.6 Å². The molecule has 0 aromatic carbocycles. The molecule has 0 spiro atoms. The Balaban J connectivity index is 2.15. The van der Waals surface area contributed by atoms with Crippen molar-refractivity contribution >= 4 is 23.9 Å². The highest BCUT2D eigenvalue weighted by atomic mass is 16.6. The third-order valence-corrected chi connectivity index (χ3v) is 8.87. The van der Waals surface area contributed by atoms with E-state index in [1.165, 1.54) is 6.92 Å². The number of aliphatic hydroxyl groups is 2. The van der Waals surface area contributed by atoms with Gasteiger partial charge in [0.1, 0.15) is 23.9 Å². The normalized spacial score (nSPS) is 42.1. The molecule has 0 aromatic heterocycles. The lowest BCUT2D eigenvalue weighted by Crippen LogP contribution is -2.65. The molecular formula is C27H40O10. The number of fused-ring (bicyclic) bond motifs is 3. The average molecular weight is 525 g/mol. The summed E-state index contributed by atoms with van der Waals surface area (Å²) in [5, 5.41) is 23.4. The first kappa shape index (κ1) is 29.1. The predicted octanol–water partition coefficient (Wildman–Crippen LogP) is 2.23. The van der Waals surface area contributed by atoms with Gasteiger partial charge in [0.05, 0.1) is 5.92 Å². The molecule has 2 N–H and O–H groups in total. The SMILES string of the molecule is C/C=C(/C)C(=O)O[C@H]1C[C@H]2[C@@H]([C@H]1C)[C@@H]1OC(=O)[C@@](C)(O)[C@@]1(O)[C@@H](OC(=O)[C@@H](C)CC)C[C@]2(C)OC(C)=O. The average Bonchev–Trinajstić information content (AvgIpc) is 3.20. The molecular weight excluding hydrogens is 484 g/mol. The van der Waals surface area contributed by atoms with E-state index in [1.54, 1.807) is 47.6 Å². The maximum absolute atomic E-state index is 12.9. The van der Waals surface area contributed by atoms with Gasteiger partial charge in [-0.25, -0.2) is 9.59 Å². The van der Waals surface area contributed by atoms with Crippen molar-refractivity contribution in [1.82, 2.24) is 0 Å². The van der Waals surface area contributed by atoms with Crippen molar-refractivity contribution in [3.63, 3.8) is 0 Å². The molecule has 3 aliphatic rings. The van der Waals surface area contributed by atoms with Crippen LogP contribution < -0.4 is 0 Å².